The van der Waals surface area contributed by atoms with Gasteiger partial charge in [0, 0.05) is 10.9 Å². The summed E-state index contributed by atoms with van der Waals surface area (Å²) in [5.74, 6) is 2.11. The molecule has 40 heavy (non-hydrogen) atoms. The predicted octanol–water partition coefficient (Wildman–Crippen LogP) is 5.92. The summed E-state index contributed by atoms with van der Waals surface area (Å²) in [6.07, 6.45) is 0.841. The molecule has 0 unspecified atom stereocenters. The molecule has 10 nitrogen and oxygen atoms in total. The molecule has 3 aromatic rings. The van der Waals surface area contributed by atoms with E-state index in [0.717, 1.165) is 16.8 Å². The second kappa shape index (κ2) is 13.2. The summed E-state index contributed by atoms with van der Waals surface area (Å²) >= 11 is 1.44. The number of benzene rings is 2. The molecule has 11 heteroatoms. The summed E-state index contributed by atoms with van der Waals surface area (Å²) in [5.41, 5.74) is 2.49. The van der Waals surface area contributed by atoms with Gasteiger partial charge in [0.15, 0.2) is 23.0 Å². The van der Waals surface area contributed by atoms with Crippen molar-refractivity contribution in [3.05, 3.63) is 58.2 Å². The van der Waals surface area contributed by atoms with Gasteiger partial charge in [0.2, 0.25) is 10.6 Å². The van der Waals surface area contributed by atoms with E-state index in [-0.39, 0.29) is 5.75 Å². The monoisotopic (exact) mass is 569 g/mol. The fourth-order valence-electron chi connectivity index (χ4n) is 3.48. The van der Waals surface area contributed by atoms with Crippen molar-refractivity contribution in [2.24, 2.45) is 10.1 Å². The third kappa shape index (κ3) is 7.66. The SMILES string of the molecule is C=C(C)CN=c1scc(-c2cc(OC)c(OC)c(OC)c2)n1N=Cc1ccc(OC(=O)OC(C)(C)C)c(OC)c1. The second-order valence-electron chi connectivity index (χ2n) is 9.62. The Kier molecular flexibility index (Phi) is 10.0. The molecule has 0 saturated carbocycles. The lowest BCUT2D eigenvalue weighted by atomic mass is 10.1. The van der Waals surface area contributed by atoms with Crippen LogP contribution >= 0.6 is 11.3 Å². The van der Waals surface area contributed by atoms with Gasteiger partial charge in [-0.1, -0.05) is 12.2 Å². The minimum atomic E-state index is -0.820. The van der Waals surface area contributed by atoms with Crippen LogP contribution < -0.4 is 28.5 Å². The Morgan fingerprint density at radius 2 is 1.62 bits per heavy atom. The van der Waals surface area contributed by atoms with Crippen LogP contribution in [0, 0.1) is 0 Å². The van der Waals surface area contributed by atoms with E-state index in [1.807, 2.05) is 24.4 Å². The highest BCUT2D eigenvalue weighted by Gasteiger charge is 2.20. The van der Waals surface area contributed by atoms with Gasteiger partial charge in [-0.15, -0.1) is 11.3 Å². The average molecular weight is 570 g/mol. The van der Waals surface area contributed by atoms with Gasteiger partial charge in [0.05, 0.1) is 46.9 Å². The molecular formula is C29H35N3O7S. The number of carbonyl (C=O) groups is 1. The number of methoxy groups -OCH3 is 4. The molecule has 0 amide bonds. The summed E-state index contributed by atoms with van der Waals surface area (Å²) < 4.78 is 34.3. The molecule has 2 aromatic carbocycles. The molecule has 0 atom stereocenters. The lowest BCUT2D eigenvalue weighted by Gasteiger charge is -2.19. The quantitative estimate of drug-likeness (QED) is 0.129. The molecule has 0 fully saturated rings. The van der Waals surface area contributed by atoms with Crippen LogP contribution in [0.15, 0.2) is 58.0 Å². The first-order chi connectivity index (χ1) is 19.0. The molecule has 0 aliphatic carbocycles. The molecular weight excluding hydrogens is 534 g/mol. The van der Waals surface area contributed by atoms with E-state index in [1.165, 1.54) is 18.4 Å². The second-order valence-corrected chi connectivity index (χ2v) is 10.5. The molecule has 1 heterocycles. The summed E-state index contributed by atoms with van der Waals surface area (Å²) in [6, 6.07) is 8.78. The predicted molar refractivity (Wildman–Crippen MR) is 155 cm³/mol. The minimum Gasteiger partial charge on any atom is -0.493 e. The van der Waals surface area contributed by atoms with E-state index in [9.17, 15) is 4.79 Å². The fourth-order valence-corrected chi connectivity index (χ4v) is 4.32. The van der Waals surface area contributed by atoms with Crippen molar-refractivity contribution in [3.8, 4) is 40.0 Å². The van der Waals surface area contributed by atoms with E-state index in [0.29, 0.717) is 39.9 Å². The first-order valence-corrected chi connectivity index (χ1v) is 13.2. The normalized spacial score (nSPS) is 11.8. The van der Waals surface area contributed by atoms with Gasteiger partial charge in [-0.25, -0.2) is 9.47 Å². The maximum absolute atomic E-state index is 12.1. The van der Waals surface area contributed by atoms with Crippen LogP contribution in [-0.2, 0) is 4.74 Å². The zero-order valence-corrected chi connectivity index (χ0v) is 24.9. The number of aromatic nitrogens is 1. The molecule has 3 rings (SSSR count). The minimum absolute atomic E-state index is 0.229. The van der Waals surface area contributed by atoms with Gasteiger partial charge in [-0.05, 0) is 63.6 Å². The van der Waals surface area contributed by atoms with Crippen molar-refractivity contribution < 1.29 is 33.2 Å². The van der Waals surface area contributed by atoms with Gasteiger partial charge >= 0.3 is 6.16 Å². The molecule has 0 N–H and O–H groups in total. The largest absolute Gasteiger partial charge is 0.514 e. The van der Waals surface area contributed by atoms with Crippen LogP contribution in [0.1, 0.15) is 33.3 Å². The lowest BCUT2D eigenvalue weighted by Crippen LogP contribution is -2.26. The van der Waals surface area contributed by atoms with Crippen LogP contribution in [0.2, 0.25) is 0 Å². The van der Waals surface area contributed by atoms with Crippen LogP contribution in [0.5, 0.6) is 28.7 Å². The molecule has 0 aliphatic rings. The lowest BCUT2D eigenvalue weighted by molar-refractivity contribution is 0.0201. The fraction of sp³-hybridized carbons (Fsp3) is 0.345. The van der Waals surface area contributed by atoms with Gasteiger partial charge < -0.3 is 28.4 Å². The number of rotatable bonds is 10. The number of hydrogen-bond donors (Lipinski definition) is 0. The highest BCUT2D eigenvalue weighted by Crippen LogP contribution is 2.41. The Hall–Kier alpha value is -4.25. The van der Waals surface area contributed by atoms with Crippen molar-refractivity contribution in [2.45, 2.75) is 33.3 Å². The smallest absolute Gasteiger partial charge is 0.493 e. The molecule has 0 radical (unpaired) electrons. The van der Waals surface area contributed by atoms with Gasteiger partial charge in [0.25, 0.3) is 0 Å². The Bertz CT molecular complexity index is 1440. The van der Waals surface area contributed by atoms with Gasteiger partial charge in [-0.2, -0.15) is 5.10 Å². The molecule has 0 saturated heterocycles. The Labute approximate surface area is 238 Å². The first kappa shape index (κ1) is 30.3. The number of carbonyl (C=O) groups excluding carboxylic acids is 1. The van der Waals surface area contributed by atoms with Crippen LogP contribution in [0.25, 0.3) is 11.3 Å². The summed E-state index contributed by atoms with van der Waals surface area (Å²) in [7, 11) is 6.18. The van der Waals surface area contributed by atoms with Crippen LogP contribution in [0.3, 0.4) is 0 Å². The Morgan fingerprint density at radius 3 is 2.17 bits per heavy atom. The Balaban J connectivity index is 2.05. The van der Waals surface area contributed by atoms with E-state index in [2.05, 4.69) is 11.6 Å². The third-order valence-corrected chi connectivity index (χ3v) is 6.08. The highest BCUT2D eigenvalue weighted by molar-refractivity contribution is 7.07. The van der Waals surface area contributed by atoms with Crippen molar-refractivity contribution in [2.75, 3.05) is 35.0 Å². The molecule has 0 aliphatic heterocycles. The van der Waals surface area contributed by atoms with E-state index in [1.54, 1.807) is 71.2 Å². The summed E-state index contributed by atoms with van der Waals surface area (Å²) in [5, 5.41) is 6.69. The number of nitrogens with zero attached hydrogens (tertiary/aromatic N) is 3. The maximum Gasteiger partial charge on any atom is 0.514 e. The molecule has 0 bridgehead atoms. The standard InChI is InChI=1S/C29H35N3O7S/c1-18(2)15-30-27-32(21(17-40-27)20-13-24(35-7)26(37-9)25(14-20)36-8)31-16-19-10-11-22(23(12-19)34-6)38-28(33)39-29(3,4)5/h10-14,16-17H,1,15H2,2-9H3. The summed E-state index contributed by atoms with van der Waals surface area (Å²) in [4.78, 5) is 17.5. The van der Waals surface area contributed by atoms with Crippen molar-refractivity contribution in [1.29, 1.82) is 0 Å². The number of thiazole rings is 1. The molecule has 1 aromatic heterocycles. The topological polar surface area (TPSA) is 102 Å². The first-order valence-electron chi connectivity index (χ1n) is 12.3. The van der Waals surface area contributed by atoms with Gasteiger partial charge in [0.1, 0.15) is 5.60 Å². The van der Waals surface area contributed by atoms with Crippen molar-refractivity contribution in [1.82, 2.24) is 4.68 Å². The van der Waals surface area contributed by atoms with Crippen LogP contribution in [-0.4, -0.2) is 57.6 Å². The third-order valence-electron chi connectivity index (χ3n) is 5.22. The zero-order chi connectivity index (χ0) is 29.4. The van der Waals surface area contributed by atoms with Crippen LogP contribution in [0.4, 0.5) is 4.79 Å². The van der Waals surface area contributed by atoms with Crippen molar-refractivity contribution in [3.63, 3.8) is 0 Å². The Morgan fingerprint density at radius 1 is 0.975 bits per heavy atom. The molecule has 214 valence electrons. The molecule has 0 spiro atoms. The summed E-state index contributed by atoms with van der Waals surface area (Å²) in [6.45, 7) is 11.6. The maximum atomic E-state index is 12.1. The van der Waals surface area contributed by atoms with E-state index >= 15 is 0 Å². The highest BCUT2D eigenvalue weighted by atomic mass is 32.1. The number of hydrogen-bond acceptors (Lipinski definition) is 10. The average Bonchev–Trinajstić information content (AvgIpc) is 3.31. The van der Waals surface area contributed by atoms with E-state index < -0.39 is 11.8 Å². The van der Waals surface area contributed by atoms with Gasteiger partial charge in [-0.3, -0.25) is 4.99 Å². The van der Waals surface area contributed by atoms with E-state index in [4.69, 9.17) is 33.5 Å². The van der Waals surface area contributed by atoms with Crippen molar-refractivity contribution >= 4 is 23.7 Å². The zero-order valence-electron chi connectivity index (χ0n) is 24.1. The number of ether oxygens (including phenoxy) is 6.